The average molecular weight is 337 g/mol. The van der Waals surface area contributed by atoms with Crippen LogP contribution in [0.3, 0.4) is 0 Å². The molecule has 1 aromatic carbocycles. The van der Waals surface area contributed by atoms with E-state index < -0.39 is 0 Å². The summed E-state index contributed by atoms with van der Waals surface area (Å²) in [6.45, 7) is 2.46. The van der Waals surface area contributed by atoms with E-state index in [1.54, 1.807) is 0 Å². The smallest absolute Gasteiger partial charge is 0.230 e. The van der Waals surface area contributed by atoms with E-state index in [2.05, 4.69) is 20.1 Å². The second-order valence-electron chi connectivity index (χ2n) is 5.32. The van der Waals surface area contributed by atoms with E-state index in [1.807, 2.05) is 31.2 Å². The molecule has 0 unspecified atom stereocenters. The Bertz CT molecular complexity index is 667. The summed E-state index contributed by atoms with van der Waals surface area (Å²) >= 11 is 7.27. The fraction of sp³-hybridized carbons (Fsp3) is 0.400. The monoisotopic (exact) mass is 336 g/mol. The molecule has 7 heteroatoms. The highest BCUT2D eigenvalue weighted by Crippen LogP contribution is 2.38. The lowest BCUT2D eigenvalue weighted by atomic mass is 10.2. The van der Waals surface area contributed by atoms with Crippen LogP contribution in [0.15, 0.2) is 29.4 Å². The second-order valence-corrected chi connectivity index (χ2v) is 6.70. The van der Waals surface area contributed by atoms with Gasteiger partial charge in [-0.25, -0.2) is 0 Å². The van der Waals surface area contributed by atoms with Gasteiger partial charge in [-0.3, -0.25) is 4.79 Å². The number of thioether (sulfide) groups is 1. The van der Waals surface area contributed by atoms with E-state index in [-0.39, 0.29) is 5.91 Å². The number of hydrogen-bond donors (Lipinski definition) is 1. The van der Waals surface area contributed by atoms with Gasteiger partial charge in [0.05, 0.1) is 5.75 Å². The van der Waals surface area contributed by atoms with Crippen LogP contribution in [0.1, 0.15) is 30.3 Å². The number of amides is 1. The number of benzene rings is 1. The lowest BCUT2D eigenvalue weighted by Gasteiger charge is -2.07. The average Bonchev–Trinajstić information content (AvgIpc) is 3.28. The molecule has 1 saturated carbocycles. The van der Waals surface area contributed by atoms with Crippen LogP contribution in [-0.2, 0) is 11.3 Å². The zero-order chi connectivity index (χ0) is 15.5. The molecule has 0 spiro atoms. The summed E-state index contributed by atoms with van der Waals surface area (Å²) in [5, 5.41) is 12.7. The summed E-state index contributed by atoms with van der Waals surface area (Å²) in [5.41, 5.74) is 1.03. The number of carbonyl (C=O) groups is 1. The van der Waals surface area contributed by atoms with Gasteiger partial charge in [0.1, 0.15) is 5.82 Å². The van der Waals surface area contributed by atoms with E-state index in [0.29, 0.717) is 23.4 Å². The standard InChI is InChI=1S/C15H17ClN4OS/c1-10-18-19-15(20(10)13-6-7-13)22-9-14(21)17-8-11-2-4-12(16)5-3-11/h2-5,13H,6-9H2,1H3,(H,17,21). The first-order valence-corrected chi connectivity index (χ1v) is 8.55. The number of carbonyl (C=O) groups excluding carboxylic acids is 1. The normalized spacial score (nSPS) is 14.1. The Morgan fingerprint density at radius 3 is 2.77 bits per heavy atom. The molecule has 1 heterocycles. The highest BCUT2D eigenvalue weighted by molar-refractivity contribution is 7.99. The minimum absolute atomic E-state index is 0.0112. The Morgan fingerprint density at radius 2 is 2.09 bits per heavy atom. The molecule has 0 bridgehead atoms. The van der Waals surface area contributed by atoms with Gasteiger partial charge < -0.3 is 9.88 Å². The molecule has 1 N–H and O–H groups in total. The molecule has 3 rings (SSSR count). The Kier molecular flexibility index (Phi) is 4.69. The van der Waals surface area contributed by atoms with Crippen LogP contribution in [0, 0.1) is 6.92 Å². The maximum atomic E-state index is 11.9. The Morgan fingerprint density at radius 1 is 1.36 bits per heavy atom. The quantitative estimate of drug-likeness (QED) is 0.824. The van der Waals surface area contributed by atoms with Crippen LogP contribution in [-0.4, -0.2) is 26.4 Å². The molecular formula is C15H17ClN4OS. The van der Waals surface area contributed by atoms with Crippen molar-refractivity contribution in [3.8, 4) is 0 Å². The molecular weight excluding hydrogens is 320 g/mol. The maximum absolute atomic E-state index is 11.9. The molecule has 0 aliphatic heterocycles. The predicted octanol–water partition coefficient (Wildman–Crippen LogP) is 2.98. The van der Waals surface area contributed by atoms with Gasteiger partial charge in [0.15, 0.2) is 5.16 Å². The molecule has 22 heavy (non-hydrogen) atoms. The first-order chi connectivity index (χ1) is 10.6. The molecule has 116 valence electrons. The number of halogens is 1. The van der Waals surface area contributed by atoms with Gasteiger partial charge in [-0.05, 0) is 37.5 Å². The molecule has 1 fully saturated rings. The van der Waals surface area contributed by atoms with E-state index in [9.17, 15) is 4.79 Å². The number of rotatable bonds is 6. The first kappa shape index (κ1) is 15.4. The van der Waals surface area contributed by atoms with Crippen LogP contribution in [0.4, 0.5) is 0 Å². The second kappa shape index (κ2) is 6.71. The van der Waals surface area contributed by atoms with Gasteiger partial charge >= 0.3 is 0 Å². The minimum Gasteiger partial charge on any atom is -0.351 e. The molecule has 1 aromatic heterocycles. The predicted molar refractivity (Wildman–Crippen MR) is 87.1 cm³/mol. The van der Waals surface area contributed by atoms with Crippen molar-refractivity contribution < 1.29 is 4.79 Å². The highest BCUT2D eigenvalue weighted by atomic mass is 35.5. The van der Waals surface area contributed by atoms with E-state index >= 15 is 0 Å². The van der Waals surface area contributed by atoms with E-state index in [4.69, 9.17) is 11.6 Å². The highest BCUT2D eigenvalue weighted by Gasteiger charge is 2.28. The molecule has 0 saturated heterocycles. The topological polar surface area (TPSA) is 59.8 Å². The fourth-order valence-electron chi connectivity index (χ4n) is 2.19. The van der Waals surface area contributed by atoms with Gasteiger partial charge in [-0.1, -0.05) is 35.5 Å². The molecule has 1 aliphatic rings. The lowest BCUT2D eigenvalue weighted by molar-refractivity contribution is -0.118. The van der Waals surface area contributed by atoms with Crippen molar-refractivity contribution in [1.82, 2.24) is 20.1 Å². The summed E-state index contributed by atoms with van der Waals surface area (Å²) in [6, 6.07) is 7.97. The van der Waals surface area contributed by atoms with Crippen molar-refractivity contribution in [2.75, 3.05) is 5.75 Å². The Labute approximate surface area is 138 Å². The molecule has 5 nitrogen and oxygen atoms in total. The number of hydrogen-bond acceptors (Lipinski definition) is 4. The molecule has 0 atom stereocenters. The van der Waals surface area contributed by atoms with Crippen LogP contribution < -0.4 is 5.32 Å². The SMILES string of the molecule is Cc1nnc(SCC(=O)NCc2ccc(Cl)cc2)n1C1CC1. The third-order valence-electron chi connectivity index (χ3n) is 3.48. The molecule has 1 aliphatic carbocycles. The largest absolute Gasteiger partial charge is 0.351 e. The summed E-state index contributed by atoms with van der Waals surface area (Å²) < 4.78 is 2.14. The van der Waals surface area contributed by atoms with Gasteiger partial charge in [-0.2, -0.15) is 0 Å². The third kappa shape index (κ3) is 3.81. The van der Waals surface area contributed by atoms with Crippen molar-refractivity contribution in [2.45, 2.75) is 37.5 Å². The van der Waals surface area contributed by atoms with E-state index in [1.165, 1.54) is 24.6 Å². The summed E-state index contributed by atoms with van der Waals surface area (Å²) in [7, 11) is 0. The van der Waals surface area contributed by atoms with E-state index in [0.717, 1.165) is 16.5 Å². The van der Waals surface area contributed by atoms with Crippen molar-refractivity contribution in [1.29, 1.82) is 0 Å². The van der Waals surface area contributed by atoms with Crippen LogP contribution >= 0.6 is 23.4 Å². The van der Waals surface area contributed by atoms with Crippen LogP contribution in [0.25, 0.3) is 0 Å². The molecule has 1 amide bonds. The third-order valence-corrected chi connectivity index (χ3v) is 4.68. The van der Waals surface area contributed by atoms with Gasteiger partial charge in [0, 0.05) is 17.6 Å². The first-order valence-electron chi connectivity index (χ1n) is 7.19. The number of nitrogens with one attached hydrogen (secondary N) is 1. The number of aromatic nitrogens is 3. The van der Waals surface area contributed by atoms with Gasteiger partial charge in [-0.15, -0.1) is 10.2 Å². The van der Waals surface area contributed by atoms with Gasteiger partial charge in [0.2, 0.25) is 5.91 Å². The minimum atomic E-state index is -0.0112. The van der Waals surface area contributed by atoms with Crippen LogP contribution in [0.2, 0.25) is 5.02 Å². The number of aryl methyl sites for hydroxylation is 1. The summed E-state index contributed by atoms with van der Waals surface area (Å²) in [4.78, 5) is 11.9. The molecule has 0 radical (unpaired) electrons. The van der Waals surface area contributed by atoms with Crippen molar-refractivity contribution in [3.05, 3.63) is 40.7 Å². The zero-order valence-electron chi connectivity index (χ0n) is 12.3. The maximum Gasteiger partial charge on any atom is 0.230 e. The fourth-order valence-corrected chi connectivity index (χ4v) is 3.19. The van der Waals surface area contributed by atoms with Gasteiger partial charge in [0.25, 0.3) is 0 Å². The van der Waals surface area contributed by atoms with Crippen molar-refractivity contribution >= 4 is 29.3 Å². The summed E-state index contributed by atoms with van der Waals surface area (Å²) in [5.74, 6) is 1.26. The summed E-state index contributed by atoms with van der Waals surface area (Å²) in [6.07, 6.45) is 2.35. The van der Waals surface area contributed by atoms with Crippen LogP contribution in [0.5, 0.6) is 0 Å². The lowest BCUT2D eigenvalue weighted by Crippen LogP contribution is -2.24. The Hall–Kier alpha value is -1.53. The van der Waals surface area contributed by atoms with Crippen molar-refractivity contribution in [3.63, 3.8) is 0 Å². The molecule has 2 aromatic rings. The Balaban J connectivity index is 1.49. The zero-order valence-corrected chi connectivity index (χ0v) is 13.8. The number of nitrogens with zero attached hydrogens (tertiary/aromatic N) is 3. The van der Waals surface area contributed by atoms with Crippen molar-refractivity contribution in [2.24, 2.45) is 0 Å².